The van der Waals surface area contributed by atoms with Crippen LogP contribution in [0.2, 0.25) is 0 Å². The van der Waals surface area contributed by atoms with Crippen molar-refractivity contribution in [3.63, 3.8) is 0 Å². The third kappa shape index (κ3) is 5.99. The first-order valence-corrected chi connectivity index (χ1v) is 16.1. The van der Waals surface area contributed by atoms with Crippen molar-refractivity contribution in [1.29, 1.82) is 0 Å². The van der Waals surface area contributed by atoms with E-state index in [4.69, 9.17) is 19.2 Å². The highest BCUT2D eigenvalue weighted by Gasteiger charge is 2.34. The number of hydrogen-bond acceptors (Lipinski definition) is 7. The molecule has 3 aromatic carbocycles. The maximum Gasteiger partial charge on any atom is 0.271 e. The van der Waals surface area contributed by atoms with Crippen molar-refractivity contribution >= 4 is 29.0 Å². The summed E-state index contributed by atoms with van der Waals surface area (Å²) < 4.78 is 21.1. The second-order valence-corrected chi connectivity index (χ2v) is 12.1. The lowest BCUT2D eigenvalue weighted by Gasteiger charge is -2.26. The summed E-state index contributed by atoms with van der Waals surface area (Å²) in [6, 6.07) is 23.8. The number of allylic oxidation sites excluding steroid dienone is 1. The lowest BCUT2D eigenvalue weighted by molar-refractivity contribution is -0.113. The van der Waals surface area contributed by atoms with Gasteiger partial charge in [-0.15, -0.1) is 0 Å². The number of ether oxygens (including phenoxy) is 3. The number of rotatable bonds is 9. The van der Waals surface area contributed by atoms with Crippen molar-refractivity contribution in [2.45, 2.75) is 33.7 Å². The maximum absolute atomic E-state index is 14.4. The molecule has 1 aliphatic rings. The van der Waals surface area contributed by atoms with Crippen molar-refractivity contribution in [1.82, 2.24) is 9.13 Å². The highest BCUT2D eigenvalue weighted by molar-refractivity contribution is 7.07. The number of aromatic nitrogens is 2. The van der Waals surface area contributed by atoms with Crippen LogP contribution in [-0.4, -0.2) is 35.9 Å². The van der Waals surface area contributed by atoms with Crippen LogP contribution >= 0.6 is 11.3 Å². The number of anilines is 1. The molecule has 1 amide bonds. The smallest absolute Gasteiger partial charge is 0.271 e. The van der Waals surface area contributed by atoms with E-state index in [1.54, 1.807) is 37.8 Å². The molecule has 240 valence electrons. The van der Waals surface area contributed by atoms with E-state index in [1.807, 2.05) is 87.5 Å². The van der Waals surface area contributed by atoms with Gasteiger partial charge in [0.1, 0.15) is 23.3 Å². The Kier molecular flexibility index (Phi) is 8.86. The summed E-state index contributed by atoms with van der Waals surface area (Å²) in [7, 11) is 3.13. The van der Waals surface area contributed by atoms with Gasteiger partial charge in [-0.05, 0) is 93.9 Å². The average molecular weight is 649 g/mol. The van der Waals surface area contributed by atoms with Crippen LogP contribution < -0.4 is 34.4 Å². The topological polar surface area (TPSA) is 96.1 Å². The second-order valence-electron chi connectivity index (χ2n) is 11.1. The maximum atomic E-state index is 14.4. The molecule has 0 unspecified atom stereocenters. The standard InChI is InChI=1S/C37H36N4O5S/c1-7-46-28-15-13-27(14-16-28)40-22(2)19-25(24(40)4)20-32-36(43)41-34(30-18-17-29(44-5)21-31(30)45-6)33(23(3)38-37(41)47-32)35(42)39-26-11-9-8-10-12-26/h8-21,34H,7H2,1-6H3,(H,39,42)/b32-20-/t34-/m1/s1. The van der Waals surface area contributed by atoms with Crippen molar-refractivity contribution in [3.8, 4) is 22.9 Å². The van der Waals surface area contributed by atoms with Crippen molar-refractivity contribution in [2.24, 2.45) is 4.99 Å². The van der Waals surface area contributed by atoms with Gasteiger partial charge in [-0.25, -0.2) is 4.99 Å². The molecule has 0 saturated carbocycles. The zero-order valence-corrected chi connectivity index (χ0v) is 28.0. The van der Waals surface area contributed by atoms with Gasteiger partial charge >= 0.3 is 0 Å². The Hall–Kier alpha value is -5.35. The summed E-state index contributed by atoms with van der Waals surface area (Å²) in [4.78, 5) is 33.6. The van der Waals surface area contributed by atoms with E-state index in [2.05, 4.69) is 16.0 Å². The first kappa shape index (κ1) is 31.6. The zero-order valence-electron chi connectivity index (χ0n) is 27.2. The number of carbonyl (C=O) groups excluding carboxylic acids is 1. The van der Waals surface area contributed by atoms with Gasteiger partial charge in [0.25, 0.3) is 11.5 Å². The summed E-state index contributed by atoms with van der Waals surface area (Å²) in [5.41, 5.74) is 5.83. The van der Waals surface area contributed by atoms with Crippen LogP contribution in [0.1, 0.15) is 42.4 Å². The highest BCUT2D eigenvalue weighted by atomic mass is 32.1. The first-order valence-electron chi connectivity index (χ1n) is 15.3. The van der Waals surface area contributed by atoms with Crippen molar-refractivity contribution < 1.29 is 19.0 Å². The first-order chi connectivity index (χ1) is 22.7. The van der Waals surface area contributed by atoms with Gasteiger partial charge in [0.15, 0.2) is 4.80 Å². The van der Waals surface area contributed by atoms with Gasteiger partial charge in [-0.2, -0.15) is 0 Å². The molecule has 3 heterocycles. The molecule has 47 heavy (non-hydrogen) atoms. The second kappa shape index (κ2) is 13.2. The predicted octanol–water partition coefficient (Wildman–Crippen LogP) is 5.70. The van der Waals surface area contributed by atoms with Crippen LogP contribution in [0.25, 0.3) is 11.8 Å². The van der Waals surface area contributed by atoms with E-state index in [0.29, 0.717) is 50.0 Å². The molecule has 10 heteroatoms. The third-order valence-corrected chi connectivity index (χ3v) is 9.18. The number of thiazole rings is 1. The normalized spacial score (nSPS) is 14.4. The molecule has 1 N–H and O–H groups in total. The lowest BCUT2D eigenvalue weighted by atomic mass is 9.94. The van der Waals surface area contributed by atoms with Gasteiger partial charge in [0, 0.05) is 34.4 Å². The van der Waals surface area contributed by atoms with E-state index >= 15 is 0 Å². The van der Waals surface area contributed by atoms with E-state index in [1.165, 1.54) is 11.3 Å². The summed E-state index contributed by atoms with van der Waals surface area (Å²) in [5.74, 6) is 1.54. The molecule has 5 aromatic rings. The van der Waals surface area contributed by atoms with E-state index < -0.39 is 6.04 Å². The average Bonchev–Trinajstić information content (AvgIpc) is 3.53. The van der Waals surface area contributed by atoms with Gasteiger partial charge in [0.05, 0.1) is 36.6 Å². The van der Waals surface area contributed by atoms with E-state index in [0.717, 1.165) is 28.4 Å². The minimum atomic E-state index is -0.797. The third-order valence-electron chi connectivity index (χ3n) is 8.20. The van der Waals surface area contributed by atoms with Crippen LogP contribution in [0.5, 0.6) is 17.2 Å². The van der Waals surface area contributed by atoms with Crippen LogP contribution in [0.3, 0.4) is 0 Å². The van der Waals surface area contributed by atoms with E-state index in [-0.39, 0.29) is 11.5 Å². The number of benzene rings is 3. The van der Waals surface area contributed by atoms with Crippen LogP contribution in [-0.2, 0) is 4.79 Å². The fraction of sp³-hybridized carbons (Fsp3) is 0.216. The van der Waals surface area contributed by atoms with E-state index in [9.17, 15) is 9.59 Å². The van der Waals surface area contributed by atoms with Crippen LogP contribution in [0.4, 0.5) is 5.69 Å². The number of methoxy groups -OCH3 is 2. The Labute approximate surface area is 276 Å². The van der Waals surface area contributed by atoms with Gasteiger partial charge in [-0.3, -0.25) is 14.2 Å². The molecule has 0 bridgehead atoms. The summed E-state index contributed by atoms with van der Waals surface area (Å²) in [6.45, 7) is 8.44. The zero-order chi connectivity index (χ0) is 33.2. The minimum Gasteiger partial charge on any atom is -0.497 e. The number of aryl methyl sites for hydroxylation is 1. The molecule has 1 aliphatic heterocycles. The quantitative estimate of drug-likeness (QED) is 0.221. The molecular formula is C37H36N4O5S. The Balaban J connectivity index is 1.49. The van der Waals surface area contributed by atoms with Gasteiger partial charge in [-0.1, -0.05) is 29.5 Å². The molecule has 6 rings (SSSR count). The molecule has 1 atom stereocenters. The molecular weight excluding hydrogens is 612 g/mol. The van der Waals surface area contributed by atoms with Crippen LogP contribution in [0.15, 0.2) is 99.9 Å². The molecule has 0 saturated heterocycles. The summed E-state index contributed by atoms with van der Waals surface area (Å²) >= 11 is 1.30. The number of amides is 1. The largest absolute Gasteiger partial charge is 0.497 e. The minimum absolute atomic E-state index is 0.250. The molecule has 9 nitrogen and oxygen atoms in total. The monoisotopic (exact) mass is 648 g/mol. The number of hydrogen-bond donors (Lipinski definition) is 1. The number of nitrogens with zero attached hydrogens (tertiary/aromatic N) is 3. The Morgan fingerprint density at radius 1 is 0.957 bits per heavy atom. The molecule has 0 fully saturated rings. The fourth-order valence-corrected chi connectivity index (χ4v) is 7.04. The highest BCUT2D eigenvalue weighted by Crippen LogP contribution is 2.37. The SMILES string of the molecule is CCOc1ccc(-n2c(C)cc(/C=c3\sc4n(c3=O)[C@H](c3ccc(OC)cc3OC)C(C(=O)Nc3ccccc3)=C(C)N=4)c2C)cc1. The number of para-hydroxylation sites is 1. The van der Waals surface area contributed by atoms with Gasteiger partial charge in [0.2, 0.25) is 0 Å². The lowest BCUT2D eigenvalue weighted by Crippen LogP contribution is -2.40. The molecule has 2 aromatic heterocycles. The Morgan fingerprint density at radius 2 is 1.68 bits per heavy atom. The van der Waals surface area contributed by atoms with Gasteiger partial charge < -0.3 is 24.1 Å². The molecule has 0 spiro atoms. The van der Waals surface area contributed by atoms with Crippen LogP contribution in [0, 0.1) is 13.8 Å². The number of nitrogens with one attached hydrogen (secondary N) is 1. The molecule has 0 aliphatic carbocycles. The summed E-state index contributed by atoms with van der Waals surface area (Å²) in [6.07, 6.45) is 1.91. The number of fused-ring (bicyclic) bond motifs is 1. The molecule has 0 radical (unpaired) electrons. The Morgan fingerprint density at radius 3 is 2.36 bits per heavy atom. The predicted molar refractivity (Wildman–Crippen MR) is 185 cm³/mol. The number of carbonyl (C=O) groups is 1. The van der Waals surface area contributed by atoms with Crippen molar-refractivity contribution in [3.05, 3.63) is 132 Å². The van der Waals surface area contributed by atoms with Crippen molar-refractivity contribution in [2.75, 3.05) is 26.1 Å². The fourth-order valence-electron chi connectivity index (χ4n) is 6.00. The summed E-state index contributed by atoms with van der Waals surface area (Å²) in [5, 5.41) is 2.99. The Bertz CT molecular complexity index is 2180.